The molecule has 206 valence electrons. The van der Waals surface area contributed by atoms with E-state index in [0.717, 1.165) is 58.1 Å². The molecule has 3 saturated carbocycles. The minimum atomic E-state index is -0.529. The Morgan fingerprint density at radius 3 is 2.32 bits per heavy atom. The highest BCUT2D eigenvalue weighted by Gasteiger charge is 2.46. The maximum absolute atomic E-state index is 13.0. The van der Waals surface area contributed by atoms with Crippen molar-refractivity contribution in [2.45, 2.75) is 96.4 Å². The highest BCUT2D eigenvalue weighted by atomic mass is 127. The van der Waals surface area contributed by atoms with Crippen LogP contribution < -0.4 is 10.1 Å². The van der Waals surface area contributed by atoms with Gasteiger partial charge in [0.1, 0.15) is 17.0 Å². The van der Waals surface area contributed by atoms with Crippen LogP contribution in [0.4, 0.5) is 4.79 Å². The summed E-state index contributed by atoms with van der Waals surface area (Å²) >= 11 is 2.22. The molecule has 1 heterocycles. The van der Waals surface area contributed by atoms with Crippen LogP contribution in [-0.2, 0) is 9.47 Å². The van der Waals surface area contributed by atoms with E-state index in [4.69, 9.17) is 19.3 Å². The summed E-state index contributed by atoms with van der Waals surface area (Å²) in [4.78, 5) is 25.2. The zero-order valence-corrected chi connectivity index (χ0v) is 24.8. The van der Waals surface area contributed by atoms with Gasteiger partial charge in [0.25, 0.3) is 0 Å². The molecule has 3 aliphatic carbocycles. The molecule has 0 saturated heterocycles. The largest absolute Gasteiger partial charge is 0.490 e. The summed E-state index contributed by atoms with van der Waals surface area (Å²) in [5.74, 6) is 2.30. The van der Waals surface area contributed by atoms with Crippen molar-refractivity contribution >= 4 is 34.7 Å². The molecule has 5 rings (SSSR count). The van der Waals surface area contributed by atoms with Gasteiger partial charge in [-0.1, -0.05) is 0 Å². The van der Waals surface area contributed by atoms with E-state index < -0.39 is 5.60 Å². The molecule has 1 aromatic carbocycles. The maximum atomic E-state index is 13.0. The van der Waals surface area contributed by atoms with Gasteiger partial charge in [0.2, 0.25) is 0 Å². The van der Waals surface area contributed by atoms with Crippen LogP contribution in [0.5, 0.6) is 5.75 Å². The summed E-state index contributed by atoms with van der Waals surface area (Å²) < 4.78 is 19.7. The number of esters is 1. The number of aromatic nitrogens is 2. The molecule has 0 radical (unpaired) electrons. The number of alkyl carbamates (subject to hydrolysis) is 1. The molecule has 2 aromatic rings. The molecule has 0 aliphatic heterocycles. The normalized spacial score (nSPS) is 26.4. The number of hydrogen-bond acceptors (Lipinski definition) is 6. The number of nitrogens with zero attached hydrogens (tertiary/aromatic N) is 2. The number of ether oxygens (including phenoxy) is 3. The van der Waals surface area contributed by atoms with E-state index in [2.05, 4.69) is 27.9 Å². The first-order valence-electron chi connectivity index (χ1n) is 13.8. The predicted octanol–water partition coefficient (Wildman–Crippen LogP) is 6.52. The number of amides is 1. The molecule has 2 atom stereocenters. The van der Waals surface area contributed by atoms with Crippen LogP contribution >= 0.6 is 22.6 Å². The fourth-order valence-electron chi connectivity index (χ4n) is 5.82. The Kier molecular flexibility index (Phi) is 7.94. The van der Waals surface area contributed by atoms with Gasteiger partial charge >= 0.3 is 12.1 Å². The van der Waals surface area contributed by atoms with Crippen molar-refractivity contribution in [3.63, 3.8) is 0 Å². The Labute approximate surface area is 238 Å². The lowest BCUT2D eigenvalue weighted by Crippen LogP contribution is -2.41. The van der Waals surface area contributed by atoms with E-state index in [1.165, 1.54) is 19.3 Å². The molecule has 9 heteroatoms. The van der Waals surface area contributed by atoms with Crippen molar-refractivity contribution < 1.29 is 23.8 Å². The van der Waals surface area contributed by atoms with Gasteiger partial charge in [-0.25, -0.2) is 9.59 Å². The molecule has 8 nitrogen and oxygen atoms in total. The van der Waals surface area contributed by atoms with Crippen LogP contribution in [0.3, 0.4) is 0 Å². The highest BCUT2D eigenvalue weighted by molar-refractivity contribution is 14.1. The lowest BCUT2D eigenvalue weighted by molar-refractivity contribution is 0.0487. The van der Waals surface area contributed by atoms with Crippen LogP contribution in [0.15, 0.2) is 24.3 Å². The van der Waals surface area contributed by atoms with Gasteiger partial charge in [-0.05, 0) is 131 Å². The average molecular weight is 636 g/mol. The van der Waals surface area contributed by atoms with E-state index in [1.54, 1.807) is 0 Å². The number of rotatable bonds is 7. The van der Waals surface area contributed by atoms with Crippen LogP contribution in [0.25, 0.3) is 11.3 Å². The predicted molar refractivity (Wildman–Crippen MR) is 152 cm³/mol. The second-order valence-corrected chi connectivity index (χ2v) is 12.9. The molecule has 1 amide bonds. The number of carbonyl (C=O) groups excluding carboxylic acids is 2. The minimum Gasteiger partial charge on any atom is -0.490 e. The summed E-state index contributed by atoms with van der Waals surface area (Å²) in [7, 11) is 0. The highest BCUT2D eigenvalue weighted by Crippen LogP contribution is 2.52. The summed E-state index contributed by atoms with van der Waals surface area (Å²) in [5, 5.41) is 7.93. The zero-order chi connectivity index (χ0) is 27.0. The topological polar surface area (TPSA) is 91.7 Å². The number of hydrogen-bond donors (Lipinski definition) is 1. The quantitative estimate of drug-likeness (QED) is 0.275. The molecule has 0 spiro atoms. The van der Waals surface area contributed by atoms with Crippen LogP contribution in [0.2, 0.25) is 0 Å². The van der Waals surface area contributed by atoms with E-state index in [1.807, 2.05) is 56.6 Å². The van der Waals surface area contributed by atoms with E-state index in [9.17, 15) is 9.59 Å². The Balaban J connectivity index is 1.29. The summed E-state index contributed by atoms with van der Waals surface area (Å²) in [5.41, 5.74) is 1.69. The van der Waals surface area contributed by atoms with Gasteiger partial charge in [-0.2, -0.15) is 5.10 Å². The monoisotopic (exact) mass is 635 g/mol. The first kappa shape index (κ1) is 27.3. The molecule has 1 N–H and O–H groups in total. The maximum Gasteiger partial charge on any atom is 0.407 e. The Hall–Kier alpha value is -2.30. The van der Waals surface area contributed by atoms with Gasteiger partial charge in [-0.15, -0.1) is 0 Å². The third kappa shape index (κ3) is 6.29. The molecular formula is C29H38IN3O5. The number of benzene rings is 1. The second kappa shape index (κ2) is 11.1. The fourth-order valence-corrected chi connectivity index (χ4v) is 6.71. The van der Waals surface area contributed by atoms with E-state index >= 15 is 0 Å². The first-order chi connectivity index (χ1) is 18.1. The Morgan fingerprint density at radius 2 is 1.71 bits per heavy atom. The molecule has 2 unspecified atom stereocenters. The smallest absolute Gasteiger partial charge is 0.407 e. The van der Waals surface area contributed by atoms with Gasteiger partial charge in [0.15, 0.2) is 5.69 Å². The molecule has 3 fully saturated rings. The summed E-state index contributed by atoms with van der Waals surface area (Å²) in [6.07, 6.45) is 6.83. The molecule has 1 aromatic heterocycles. The molecule has 3 aliphatic rings. The van der Waals surface area contributed by atoms with Crippen molar-refractivity contribution in [3.8, 4) is 17.0 Å². The van der Waals surface area contributed by atoms with Crippen LogP contribution in [0, 0.1) is 15.4 Å². The summed E-state index contributed by atoms with van der Waals surface area (Å²) in [6.45, 7) is 7.68. The van der Waals surface area contributed by atoms with E-state index in [-0.39, 0.29) is 24.1 Å². The number of carbonyl (C=O) groups is 2. The third-order valence-electron chi connectivity index (χ3n) is 7.72. The number of nitrogens with one attached hydrogen (secondary N) is 1. The van der Waals surface area contributed by atoms with Crippen molar-refractivity contribution in [2.75, 3.05) is 6.61 Å². The fraction of sp³-hybridized carbons (Fsp3) is 0.621. The van der Waals surface area contributed by atoms with Crippen LogP contribution in [0.1, 0.15) is 89.2 Å². The molecular weight excluding hydrogens is 597 g/mol. The zero-order valence-electron chi connectivity index (χ0n) is 22.7. The van der Waals surface area contributed by atoms with Gasteiger partial charge < -0.3 is 19.5 Å². The van der Waals surface area contributed by atoms with Gasteiger partial charge in [-0.3, -0.25) is 4.68 Å². The summed E-state index contributed by atoms with van der Waals surface area (Å²) in [6, 6.07) is 8.15. The Bertz CT molecular complexity index is 1150. The van der Waals surface area contributed by atoms with Crippen molar-refractivity contribution in [1.29, 1.82) is 0 Å². The average Bonchev–Trinajstić information content (AvgIpc) is 3.30. The molecule has 0 bridgehead atoms. The minimum absolute atomic E-state index is 0.0413. The lowest BCUT2D eigenvalue weighted by atomic mass is 9.91. The third-order valence-corrected chi connectivity index (χ3v) is 8.74. The standard InChI is InChI=1S/C29H38IN3O5/c1-5-36-27(34)26-24(30)25(17-6-12-22(13-7-17)37-23-15-18-14-19(18)16-23)32-33(26)21-10-8-20(9-11-21)31-28(35)38-29(2,3)4/h6-7,12-13,18-21,23H,5,8-11,14-16H2,1-4H3,(H,31,35). The first-order valence-corrected chi connectivity index (χ1v) is 14.9. The van der Waals surface area contributed by atoms with Gasteiger partial charge in [0, 0.05) is 11.6 Å². The number of halogens is 1. The Morgan fingerprint density at radius 1 is 1.05 bits per heavy atom. The SMILES string of the molecule is CCOC(=O)c1c(I)c(-c2ccc(OC3CC4CC4C3)cc2)nn1C1CCC(NC(=O)OC(C)(C)C)CC1. The molecule has 38 heavy (non-hydrogen) atoms. The van der Waals surface area contributed by atoms with Gasteiger partial charge in [0.05, 0.1) is 22.3 Å². The van der Waals surface area contributed by atoms with Crippen molar-refractivity contribution in [3.05, 3.63) is 33.5 Å². The number of fused-ring (bicyclic) bond motifs is 1. The second-order valence-electron chi connectivity index (χ2n) is 11.8. The van der Waals surface area contributed by atoms with E-state index in [0.29, 0.717) is 18.4 Å². The van der Waals surface area contributed by atoms with Crippen LogP contribution in [-0.4, -0.2) is 46.2 Å². The van der Waals surface area contributed by atoms with Crippen molar-refractivity contribution in [2.24, 2.45) is 11.8 Å². The van der Waals surface area contributed by atoms with Crippen molar-refractivity contribution in [1.82, 2.24) is 15.1 Å². The lowest BCUT2D eigenvalue weighted by Gasteiger charge is -2.30.